The fourth-order valence-electron chi connectivity index (χ4n) is 2.40. The Balaban J connectivity index is 2.15. The minimum Gasteiger partial charge on any atom is -0.384 e. The summed E-state index contributed by atoms with van der Waals surface area (Å²) >= 11 is 0. The molecule has 1 amide bonds. The molecule has 0 bridgehead atoms. The largest absolute Gasteiger partial charge is 0.384 e. The van der Waals surface area contributed by atoms with Crippen LogP contribution in [0.4, 0.5) is 20.3 Å². The van der Waals surface area contributed by atoms with E-state index in [0.717, 1.165) is 19.3 Å². The second-order valence-electron chi connectivity index (χ2n) is 6.24. The summed E-state index contributed by atoms with van der Waals surface area (Å²) in [6.07, 6.45) is 3.37. The van der Waals surface area contributed by atoms with Crippen LogP contribution in [0.25, 0.3) is 0 Å². The number of anilines is 2. The molecule has 9 heteroatoms. The highest BCUT2D eigenvalue weighted by molar-refractivity contribution is 5.99. The molecule has 0 spiro atoms. The van der Waals surface area contributed by atoms with Gasteiger partial charge in [0, 0.05) is 37.1 Å². The van der Waals surface area contributed by atoms with Crippen LogP contribution < -0.4 is 21.7 Å². The van der Waals surface area contributed by atoms with Gasteiger partial charge in [-0.05, 0) is 26.2 Å². The molecule has 1 aliphatic rings. The lowest BCUT2D eigenvalue weighted by Crippen LogP contribution is -2.29. The van der Waals surface area contributed by atoms with Crippen LogP contribution in [0.1, 0.15) is 36.5 Å². The van der Waals surface area contributed by atoms with Gasteiger partial charge in [-0.15, -0.1) is 0 Å². The predicted molar refractivity (Wildman–Crippen MR) is 103 cm³/mol. The first-order chi connectivity index (χ1) is 12.8. The van der Waals surface area contributed by atoms with Gasteiger partial charge >= 0.3 is 0 Å². The van der Waals surface area contributed by atoms with Crippen molar-refractivity contribution in [2.75, 3.05) is 17.7 Å². The van der Waals surface area contributed by atoms with Gasteiger partial charge in [0.1, 0.15) is 11.6 Å². The number of amides is 1. The van der Waals surface area contributed by atoms with Gasteiger partial charge in [0.05, 0.1) is 17.0 Å². The van der Waals surface area contributed by atoms with Gasteiger partial charge in [-0.25, -0.2) is 18.8 Å². The Kier molecular flexibility index (Phi) is 6.86. The van der Waals surface area contributed by atoms with E-state index in [-0.39, 0.29) is 17.4 Å². The molecule has 1 saturated carbocycles. The fraction of sp³-hybridized carbons (Fsp3) is 0.389. The quantitative estimate of drug-likeness (QED) is 0.411. The maximum Gasteiger partial charge on any atom is 0.276 e. The number of aromatic nitrogens is 1. The van der Waals surface area contributed by atoms with E-state index in [0.29, 0.717) is 28.8 Å². The van der Waals surface area contributed by atoms with Crippen LogP contribution in [0.15, 0.2) is 41.4 Å². The molecule has 7 nitrogen and oxygen atoms in total. The standard InChI is InChI=1S/C18H24F2N6O/c1-10(7-15(21)25-11(2)17(19)20)24-16-8-14(26-12-5-4-6-12)13(9-23-16)18(27)22-3/h7-9,12,17H,1,4-6,21H2,2-3H3,(H,22,27)(H2,23,24,26)/b15-7-,25-11+. The topological polar surface area (TPSA) is 104 Å². The molecule has 0 unspecified atom stereocenters. The molecular weight excluding hydrogens is 354 g/mol. The average Bonchev–Trinajstić information content (AvgIpc) is 2.57. The first-order valence-electron chi connectivity index (χ1n) is 8.55. The van der Waals surface area contributed by atoms with Gasteiger partial charge in [0.2, 0.25) is 0 Å². The number of nitrogens with two attached hydrogens (primary N) is 1. The summed E-state index contributed by atoms with van der Waals surface area (Å²) in [5, 5.41) is 8.84. The zero-order chi connectivity index (χ0) is 20.0. The van der Waals surface area contributed by atoms with Crippen LogP contribution in [0.3, 0.4) is 0 Å². The van der Waals surface area contributed by atoms with Crippen molar-refractivity contribution in [2.45, 2.75) is 38.7 Å². The molecule has 1 heterocycles. The van der Waals surface area contributed by atoms with E-state index >= 15 is 0 Å². The van der Waals surface area contributed by atoms with Crippen molar-refractivity contribution in [3.63, 3.8) is 0 Å². The molecule has 0 radical (unpaired) electrons. The van der Waals surface area contributed by atoms with E-state index < -0.39 is 6.43 Å². The number of hydrogen-bond donors (Lipinski definition) is 4. The van der Waals surface area contributed by atoms with Crippen LogP contribution >= 0.6 is 0 Å². The summed E-state index contributed by atoms with van der Waals surface area (Å²) in [5.41, 5.74) is 6.67. The highest BCUT2D eigenvalue weighted by Gasteiger charge is 2.20. The lowest BCUT2D eigenvalue weighted by molar-refractivity contribution is 0.0963. The van der Waals surface area contributed by atoms with Crippen molar-refractivity contribution in [1.29, 1.82) is 0 Å². The summed E-state index contributed by atoms with van der Waals surface area (Å²) < 4.78 is 25.0. The molecule has 2 rings (SSSR count). The van der Waals surface area contributed by atoms with E-state index in [2.05, 4.69) is 32.5 Å². The van der Waals surface area contributed by atoms with Crippen molar-refractivity contribution in [3.8, 4) is 0 Å². The van der Waals surface area contributed by atoms with E-state index in [9.17, 15) is 13.6 Å². The summed E-state index contributed by atoms with van der Waals surface area (Å²) in [6.45, 7) is 4.96. The number of rotatable bonds is 8. The monoisotopic (exact) mass is 378 g/mol. The summed E-state index contributed by atoms with van der Waals surface area (Å²) in [5.74, 6) is 0.101. The molecule has 5 N–H and O–H groups in total. The maximum atomic E-state index is 12.5. The van der Waals surface area contributed by atoms with Crippen LogP contribution in [0.5, 0.6) is 0 Å². The van der Waals surface area contributed by atoms with E-state index in [1.54, 1.807) is 13.1 Å². The Morgan fingerprint density at radius 1 is 1.48 bits per heavy atom. The Hall–Kier alpha value is -2.97. The number of pyridine rings is 1. The second kappa shape index (κ2) is 9.11. The maximum absolute atomic E-state index is 12.5. The third kappa shape index (κ3) is 5.77. The molecule has 146 valence electrons. The number of aliphatic imine (C=N–C) groups is 1. The molecule has 1 aromatic rings. The number of allylic oxidation sites excluding steroid dienone is 1. The SMILES string of the molecule is C=C(/C=C(N)\N=C(/C)C(F)F)Nc1cc(NC2CCC2)c(C(=O)NC)cn1. The number of halogens is 2. The van der Waals surface area contributed by atoms with Crippen molar-refractivity contribution < 1.29 is 13.6 Å². The van der Waals surface area contributed by atoms with E-state index in [1.165, 1.54) is 19.2 Å². The number of carbonyl (C=O) groups is 1. The van der Waals surface area contributed by atoms with Crippen LogP contribution in [-0.2, 0) is 0 Å². The Morgan fingerprint density at radius 3 is 2.74 bits per heavy atom. The van der Waals surface area contributed by atoms with Gasteiger partial charge in [-0.2, -0.15) is 0 Å². The molecule has 1 aliphatic carbocycles. The van der Waals surface area contributed by atoms with Gasteiger partial charge in [0.25, 0.3) is 12.3 Å². The van der Waals surface area contributed by atoms with Gasteiger partial charge in [-0.1, -0.05) is 6.58 Å². The Morgan fingerprint density at radius 2 is 2.19 bits per heavy atom. The number of hydrogen-bond acceptors (Lipinski definition) is 6. The molecule has 0 saturated heterocycles. The minimum absolute atomic E-state index is 0.0971. The zero-order valence-electron chi connectivity index (χ0n) is 15.4. The van der Waals surface area contributed by atoms with Crippen molar-refractivity contribution in [2.24, 2.45) is 10.7 Å². The average molecular weight is 378 g/mol. The normalized spacial score (nSPS) is 15.3. The summed E-state index contributed by atoms with van der Waals surface area (Å²) in [7, 11) is 1.55. The Labute approximate surface area is 156 Å². The third-order valence-electron chi connectivity index (χ3n) is 4.07. The number of nitrogens with one attached hydrogen (secondary N) is 3. The molecule has 27 heavy (non-hydrogen) atoms. The first-order valence-corrected chi connectivity index (χ1v) is 8.55. The second-order valence-corrected chi connectivity index (χ2v) is 6.24. The summed E-state index contributed by atoms with van der Waals surface area (Å²) in [6, 6.07) is 2.03. The molecule has 1 fully saturated rings. The van der Waals surface area contributed by atoms with E-state index in [1.807, 2.05) is 0 Å². The highest BCUT2D eigenvalue weighted by Crippen LogP contribution is 2.27. The number of nitrogens with zero attached hydrogens (tertiary/aromatic N) is 2. The van der Waals surface area contributed by atoms with Gasteiger partial charge < -0.3 is 21.7 Å². The fourth-order valence-corrected chi connectivity index (χ4v) is 2.40. The molecule has 0 aromatic carbocycles. The third-order valence-corrected chi connectivity index (χ3v) is 4.07. The lowest BCUT2D eigenvalue weighted by Gasteiger charge is -2.28. The van der Waals surface area contributed by atoms with Crippen molar-refractivity contribution >= 4 is 23.1 Å². The predicted octanol–water partition coefficient (Wildman–Crippen LogP) is 2.86. The first kappa shape index (κ1) is 20.3. The van der Waals surface area contributed by atoms with E-state index in [4.69, 9.17) is 5.73 Å². The number of carbonyl (C=O) groups excluding carboxylic acids is 1. The molecule has 1 aromatic heterocycles. The Bertz CT molecular complexity index is 771. The van der Waals surface area contributed by atoms with Gasteiger partial charge in [-0.3, -0.25) is 4.79 Å². The number of alkyl halides is 2. The van der Waals surface area contributed by atoms with Crippen molar-refractivity contribution in [3.05, 3.63) is 42.0 Å². The lowest BCUT2D eigenvalue weighted by atomic mass is 9.92. The highest BCUT2D eigenvalue weighted by atomic mass is 19.3. The molecular formula is C18H24F2N6O. The molecule has 0 atom stereocenters. The smallest absolute Gasteiger partial charge is 0.276 e. The van der Waals surface area contributed by atoms with Crippen LogP contribution in [0, 0.1) is 0 Å². The minimum atomic E-state index is -2.67. The summed E-state index contributed by atoms with van der Waals surface area (Å²) in [4.78, 5) is 19.8. The molecule has 0 aliphatic heterocycles. The van der Waals surface area contributed by atoms with Gasteiger partial charge in [0.15, 0.2) is 0 Å². The zero-order valence-corrected chi connectivity index (χ0v) is 15.4. The van der Waals surface area contributed by atoms with Crippen molar-refractivity contribution in [1.82, 2.24) is 10.3 Å². The van der Waals surface area contributed by atoms with Crippen LogP contribution in [0.2, 0.25) is 0 Å². The van der Waals surface area contributed by atoms with Crippen LogP contribution in [-0.4, -0.2) is 36.1 Å².